The summed E-state index contributed by atoms with van der Waals surface area (Å²) in [6, 6.07) is 7.48. The molecule has 0 amide bonds. The van der Waals surface area contributed by atoms with Crippen molar-refractivity contribution in [3.8, 4) is 5.75 Å². The molecule has 1 aromatic carbocycles. The Morgan fingerprint density at radius 2 is 1.79 bits per heavy atom. The monoisotopic (exact) mass is 261 g/mol. The topological polar surface area (TPSA) is 29.5 Å². The van der Waals surface area contributed by atoms with Gasteiger partial charge in [0.25, 0.3) is 0 Å². The van der Waals surface area contributed by atoms with Crippen molar-refractivity contribution in [2.45, 2.75) is 38.6 Å². The van der Waals surface area contributed by atoms with Crippen molar-refractivity contribution < 1.29 is 9.53 Å². The Hall–Kier alpha value is -1.35. The number of likely N-dealkylation sites (tertiary alicyclic amines) is 1. The zero-order valence-electron chi connectivity index (χ0n) is 12.1. The summed E-state index contributed by atoms with van der Waals surface area (Å²) in [4.78, 5) is 15.1. The van der Waals surface area contributed by atoms with Crippen LogP contribution in [0.3, 0.4) is 0 Å². The summed E-state index contributed by atoms with van der Waals surface area (Å²) in [5.74, 6) is 0.810. The highest BCUT2D eigenvalue weighted by Crippen LogP contribution is 2.28. The van der Waals surface area contributed by atoms with Gasteiger partial charge in [-0.3, -0.25) is 9.69 Å². The second-order valence-electron chi connectivity index (χ2n) is 5.64. The molecule has 104 valence electrons. The molecule has 0 spiro atoms. The molecular formula is C16H23NO2. The number of Topliss-reactive ketones (excluding diaryl/α,β-unsaturated/α-hetero) is 1. The van der Waals surface area contributed by atoms with Gasteiger partial charge >= 0.3 is 0 Å². The molecule has 0 radical (unpaired) electrons. The fraction of sp³-hybridized carbons (Fsp3) is 0.562. The summed E-state index contributed by atoms with van der Waals surface area (Å²) in [5, 5.41) is 0. The molecule has 1 aromatic rings. The molecule has 0 aliphatic carbocycles. The Balaban J connectivity index is 2.26. The maximum absolute atomic E-state index is 12.8. The Bertz CT molecular complexity index is 448. The fourth-order valence-corrected chi connectivity index (χ4v) is 2.76. The maximum atomic E-state index is 12.8. The van der Waals surface area contributed by atoms with Crippen molar-refractivity contribution in [2.75, 3.05) is 20.2 Å². The van der Waals surface area contributed by atoms with E-state index in [1.807, 2.05) is 38.1 Å². The molecule has 0 atom stereocenters. The Labute approximate surface area is 115 Å². The van der Waals surface area contributed by atoms with Gasteiger partial charge in [0, 0.05) is 0 Å². The number of hydrogen-bond donors (Lipinski definition) is 0. The van der Waals surface area contributed by atoms with Crippen LogP contribution in [0.25, 0.3) is 0 Å². The number of methoxy groups -OCH3 is 1. The number of benzene rings is 1. The number of piperidine rings is 1. The molecule has 1 aliphatic heterocycles. The van der Waals surface area contributed by atoms with Gasteiger partial charge in [0.05, 0.1) is 18.2 Å². The summed E-state index contributed by atoms with van der Waals surface area (Å²) in [6.45, 7) is 6.06. The highest BCUT2D eigenvalue weighted by Gasteiger charge is 2.36. The number of ketones is 1. The number of rotatable bonds is 4. The number of para-hydroxylation sites is 1. The van der Waals surface area contributed by atoms with E-state index in [9.17, 15) is 4.79 Å². The molecule has 19 heavy (non-hydrogen) atoms. The van der Waals surface area contributed by atoms with Crippen molar-refractivity contribution in [1.29, 1.82) is 0 Å². The predicted molar refractivity (Wildman–Crippen MR) is 76.8 cm³/mol. The number of hydrogen-bond acceptors (Lipinski definition) is 3. The van der Waals surface area contributed by atoms with Crippen LogP contribution in [0.4, 0.5) is 0 Å². The molecule has 1 fully saturated rings. The first-order valence-corrected chi connectivity index (χ1v) is 7.00. The van der Waals surface area contributed by atoms with E-state index in [0.29, 0.717) is 11.3 Å². The van der Waals surface area contributed by atoms with Crippen LogP contribution in [0, 0.1) is 0 Å². The normalized spacial score (nSPS) is 17.2. The fourth-order valence-electron chi connectivity index (χ4n) is 2.76. The van der Waals surface area contributed by atoms with Gasteiger partial charge in [-0.15, -0.1) is 0 Å². The second-order valence-corrected chi connectivity index (χ2v) is 5.64. The maximum Gasteiger partial charge on any atom is 0.186 e. The molecule has 1 saturated heterocycles. The minimum Gasteiger partial charge on any atom is -0.496 e. The highest BCUT2D eigenvalue weighted by atomic mass is 16.5. The minimum absolute atomic E-state index is 0.145. The Kier molecular flexibility index (Phi) is 4.25. The lowest BCUT2D eigenvalue weighted by atomic mass is 9.89. The smallest absolute Gasteiger partial charge is 0.186 e. The van der Waals surface area contributed by atoms with Crippen LogP contribution in [0.5, 0.6) is 5.75 Å². The van der Waals surface area contributed by atoms with Crippen LogP contribution in [0.15, 0.2) is 24.3 Å². The van der Waals surface area contributed by atoms with Gasteiger partial charge in [-0.1, -0.05) is 18.6 Å². The lowest BCUT2D eigenvalue weighted by Gasteiger charge is -2.39. The van der Waals surface area contributed by atoms with E-state index in [1.54, 1.807) is 7.11 Å². The second kappa shape index (κ2) is 5.74. The molecule has 0 N–H and O–H groups in total. The molecule has 1 aliphatic rings. The number of carbonyl (C=O) groups excluding carboxylic acids is 1. The van der Waals surface area contributed by atoms with Gasteiger partial charge in [-0.25, -0.2) is 0 Å². The lowest BCUT2D eigenvalue weighted by Crippen LogP contribution is -2.52. The molecule has 2 rings (SSSR count). The summed E-state index contributed by atoms with van der Waals surface area (Å²) in [7, 11) is 1.61. The Morgan fingerprint density at radius 1 is 1.16 bits per heavy atom. The van der Waals surface area contributed by atoms with Crippen molar-refractivity contribution in [3.05, 3.63) is 29.8 Å². The van der Waals surface area contributed by atoms with Gasteiger partial charge in [0.2, 0.25) is 0 Å². The van der Waals surface area contributed by atoms with E-state index in [1.165, 1.54) is 19.3 Å². The van der Waals surface area contributed by atoms with Crippen molar-refractivity contribution in [2.24, 2.45) is 0 Å². The van der Waals surface area contributed by atoms with Crippen LogP contribution in [0.1, 0.15) is 43.5 Å². The van der Waals surface area contributed by atoms with Gasteiger partial charge in [-0.05, 0) is 51.9 Å². The largest absolute Gasteiger partial charge is 0.496 e. The standard InChI is InChI=1S/C16H23NO2/c1-16(2,17-11-7-4-8-12-17)15(18)13-9-5-6-10-14(13)19-3/h5-6,9-10H,4,7-8,11-12H2,1-3H3. The third-order valence-electron chi connectivity index (χ3n) is 4.05. The average molecular weight is 261 g/mol. The molecular weight excluding hydrogens is 238 g/mol. The SMILES string of the molecule is COc1ccccc1C(=O)C(C)(C)N1CCCCC1. The van der Waals surface area contributed by atoms with Crippen LogP contribution in [-0.4, -0.2) is 36.4 Å². The van der Waals surface area contributed by atoms with E-state index in [-0.39, 0.29) is 5.78 Å². The molecule has 0 aromatic heterocycles. The summed E-state index contributed by atoms with van der Waals surface area (Å²) in [6.07, 6.45) is 3.64. The molecule has 1 heterocycles. The van der Waals surface area contributed by atoms with E-state index in [0.717, 1.165) is 13.1 Å². The van der Waals surface area contributed by atoms with Crippen LogP contribution in [-0.2, 0) is 0 Å². The quantitative estimate of drug-likeness (QED) is 0.780. The average Bonchev–Trinajstić information content (AvgIpc) is 2.47. The van der Waals surface area contributed by atoms with E-state index >= 15 is 0 Å². The van der Waals surface area contributed by atoms with Crippen LogP contribution >= 0.6 is 0 Å². The van der Waals surface area contributed by atoms with E-state index < -0.39 is 5.54 Å². The molecule has 0 bridgehead atoms. The first-order valence-electron chi connectivity index (χ1n) is 7.00. The first kappa shape index (κ1) is 14.1. The van der Waals surface area contributed by atoms with Gasteiger partial charge in [0.15, 0.2) is 5.78 Å². The van der Waals surface area contributed by atoms with E-state index in [2.05, 4.69) is 4.90 Å². The van der Waals surface area contributed by atoms with E-state index in [4.69, 9.17) is 4.74 Å². The summed E-state index contributed by atoms with van der Waals surface area (Å²) in [5.41, 5.74) is 0.218. The van der Waals surface area contributed by atoms with Crippen molar-refractivity contribution >= 4 is 5.78 Å². The zero-order valence-corrected chi connectivity index (χ0v) is 12.1. The lowest BCUT2D eigenvalue weighted by molar-refractivity contribution is 0.0576. The van der Waals surface area contributed by atoms with Crippen LogP contribution in [0.2, 0.25) is 0 Å². The summed E-state index contributed by atoms with van der Waals surface area (Å²) >= 11 is 0. The van der Waals surface area contributed by atoms with Gasteiger partial charge in [0.1, 0.15) is 5.75 Å². The minimum atomic E-state index is -0.463. The zero-order chi connectivity index (χ0) is 13.9. The third-order valence-corrected chi connectivity index (χ3v) is 4.05. The molecule has 3 heteroatoms. The predicted octanol–water partition coefficient (Wildman–Crippen LogP) is 3.14. The number of ether oxygens (including phenoxy) is 1. The third kappa shape index (κ3) is 2.81. The first-order chi connectivity index (χ1) is 9.07. The molecule has 0 saturated carbocycles. The summed E-state index contributed by atoms with van der Waals surface area (Å²) < 4.78 is 5.31. The van der Waals surface area contributed by atoms with Gasteiger partial charge < -0.3 is 4.74 Å². The van der Waals surface area contributed by atoms with Crippen LogP contribution < -0.4 is 4.74 Å². The number of carbonyl (C=O) groups is 1. The van der Waals surface area contributed by atoms with Gasteiger partial charge in [-0.2, -0.15) is 0 Å². The molecule has 0 unspecified atom stereocenters. The molecule has 3 nitrogen and oxygen atoms in total. The van der Waals surface area contributed by atoms with Crippen molar-refractivity contribution in [1.82, 2.24) is 4.90 Å². The van der Waals surface area contributed by atoms with Crippen molar-refractivity contribution in [3.63, 3.8) is 0 Å². The highest BCUT2D eigenvalue weighted by molar-refractivity contribution is 6.04. The number of nitrogens with zero attached hydrogens (tertiary/aromatic N) is 1. The Morgan fingerprint density at radius 3 is 2.42 bits per heavy atom.